The number of hydrogen-bond acceptors (Lipinski definition) is 5. The van der Waals surface area contributed by atoms with Crippen LogP contribution in [0.2, 0.25) is 0 Å². The van der Waals surface area contributed by atoms with Gasteiger partial charge in [-0.05, 0) is 19.8 Å². The van der Waals surface area contributed by atoms with E-state index in [0.717, 1.165) is 0 Å². The second-order valence-electron chi connectivity index (χ2n) is 3.37. The first-order chi connectivity index (χ1) is 6.93. The first kappa shape index (κ1) is 12.2. The third-order valence-electron chi connectivity index (χ3n) is 1.99. The van der Waals surface area contributed by atoms with Gasteiger partial charge in [0.25, 0.3) is 0 Å². The van der Waals surface area contributed by atoms with E-state index in [2.05, 4.69) is 9.46 Å². The molecule has 0 atom stereocenters. The van der Waals surface area contributed by atoms with Crippen LogP contribution in [0.1, 0.15) is 19.8 Å². The maximum Gasteiger partial charge on any atom is 0.421 e. The van der Waals surface area contributed by atoms with E-state index in [4.69, 9.17) is 5.73 Å². The van der Waals surface area contributed by atoms with E-state index in [1.807, 2.05) is 0 Å². The zero-order chi connectivity index (χ0) is 11.5. The third-order valence-corrected chi connectivity index (χ3v) is 3.07. The maximum absolute atomic E-state index is 11.3. The Hall–Kier alpha value is -0.860. The first-order valence-electron chi connectivity index (χ1n) is 4.65. The van der Waals surface area contributed by atoms with Crippen molar-refractivity contribution in [3.8, 4) is 0 Å². The summed E-state index contributed by atoms with van der Waals surface area (Å²) in [5, 5.41) is 0. The fraction of sp³-hybridized carbons (Fsp3) is 0.857. The topological polar surface area (TPSA) is 111 Å². The standard InChI is InChI=1S/C7H15N3O4S/c1-2-14-7(11)10-15(12,13)9-6-3-5(8)4-6/h5-6,9H,2-4,8H2,1H3,(H,10,11). The highest BCUT2D eigenvalue weighted by Gasteiger charge is 2.30. The Morgan fingerprint density at radius 2 is 2.13 bits per heavy atom. The molecule has 1 fully saturated rings. The molecule has 0 bridgehead atoms. The summed E-state index contributed by atoms with van der Waals surface area (Å²) in [6.07, 6.45) is 0.196. The second-order valence-corrected chi connectivity index (χ2v) is 4.82. The smallest absolute Gasteiger partial charge is 0.421 e. The minimum absolute atomic E-state index is 0.0419. The highest BCUT2D eigenvalue weighted by atomic mass is 32.2. The van der Waals surface area contributed by atoms with Crippen molar-refractivity contribution >= 4 is 16.3 Å². The minimum Gasteiger partial charge on any atom is -0.449 e. The highest BCUT2D eigenvalue weighted by Crippen LogP contribution is 2.17. The molecular formula is C7H15N3O4S. The predicted molar refractivity (Wildman–Crippen MR) is 53.2 cm³/mol. The van der Waals surface area contributed by atoms with Gasteiger partial charge in [0.1, 0.15) is 0 Å². The van der Waals surface area contributed by atoms with E-state index >= 15 is 0 Å². The SMILES string of the molecule is CCOC(=O)NS(=O)(=O)NC1CC(N)C1. The van der Waals surface area contributed by atoms with Crippen molar-refractivity contribution in [2.75, 3.05) is 6.61 Å². The fourth-order valence-electron chi connectivity index (χ4n) is 1.28. The lowest BCUT2D eigenvalue weighted by Gasteiger charge is -2.32. The van der Waals surface area contributed by atoms with Gasteiger partial charge in [0.15, 0.2) is 0 Å². The van der Waals surface area contributed by atoms with Crippen molar-refractivity contribution in [1.29, 1.82) is 0 Å². The van der Waals surface area contributed by atoms with Crippen LogP contribution in [0.4, 0.5) is 4.79 Å². The lowest BCUT2D eigenvalue weighted by Crippen LogP contribution is -2.53. The van der Waals surface area contributed by atoms with Gasteiger partial charge in [-0.3, -0.25) is 0 Å². The molecule has 7 nitrogen and oxygen atoms in total. The summed E-state index contributed by atoms with van der Waals surface area (Å²) in [6.45, 7) is 1.71. The van der Waals surface area contributed by atoms with Crippen LogP contribution in [0.5, 0.6) is 0 Å². The zero-order valence-electron chi connectivity index (χ0n) is 8.39. The molecule has 0 radical (unpaired) electrons. The molecule has 1 amide bonds. The highest BCUT2D eigenvalue weighted by molar-refractivity contribution is 7.88. The molecule has 8 heteroatoms. The first-order valence-corrected chi connectivity index (χ1v) is 6.13. The van der Waals surface area contributed by atoms with E-state index in [1.54, 1.807) is 11.6 Å². The van der Waals surface area contributed by atoms with Gasteiger partial charge in [-0.25, -0.2) is 9.52 Å². The average Bonchev–Trinajstić information content (AvgIpc) is 1.99. The van der Waals surface area contributed by atoms with Crippen molar-refractivity contribution in [2.24, 2.45) is 5.73 Å². The summed E-state index contributed by atoms with van der Waals surface area (Å²) in [6, 6.07) is -0.146. The van der Waals surface area contributed by atoms with Gasteiger partial charge in [-0.2, -0.15) is 13.1 Å². The van der Waals surface area contributed by atoms with Gasteiger partial charge in [0.2, 0.25) is 0 Å². The molecule has 0 aromatic heterocycles. The summed E-state index contributed by atoms with van der Waals surface area (Å²) < 4.78 is 31.0. The number of amides is 1. The molecule has 88 valence electrons. The fourth-order valence-corrected chi connectivity index (χ4v) is 2.25. The van der Waals surface area contributed by atoms with Gasteiger partial charge < -0.3 is 10.5 Å². The molecule has 0 aromatic carbocycles. The normalized spacial score (nSPS) is 25.5. The van der Waals surface area contributed by atoms with E-state index in [1.165, 1.54) is 0 Å². The van der Waals surface area contributed by atoms with Crippen LogP contribution in [0.25, 0.3) is 0 Å². The molecule has 0 saturated heterocycles. The molecule has 0 unspecified atom stereocenters. The van der Waals surface area contributed by atoms with Gasteiger partial charge in [-0.15, -0.1) is 0 Å². The van der Waals surface area contributed by atoms with Crippen LogP contribution < -0.4 is 15.2 Å². The third kappa shape index (κ3) is 4.02. The molecular weight excluding hydrogens is 222 g/mol. The molecule has 1 aliphatic carbocycles. The van der Waals surface area contributed by atoms with E-state index < -0.39 is 16.3 Å². The minimum atomic E-state index is -3.82. The van der Waals surface area contributed by atoms with Gasteiger partial charge in [0.05, 0.1) is 6.61 Å². The zero-order valence-corrected chi connectivity index (χ0v) is 9.21. The van der Waals surface area contributed by atoms with E-state index in [9.17, 15) is 13.2 Å². The van der Waals surface area contributed by atoms with Crippen molar-refractivity contribution in [3.63, 3.8) is 0 Å². The summed E-state index contributed by atoms with van der Waals surface area (Å²) in [7, 11) is -3.82. The second kappa shape index (κ2) is 4.77. The molecule has 1 saturated carbocycles. The number of hydrogen-bond donors (Lipinski definition) is 3. The van der Waals surface area contributed by atoms with Gasteiger partial charge in [-0.1, -0.05) is 0 Å². The summed E-state index contributed by atoms with van der Waals surface area (Å²) in [4.78, 5) is 10.8. The molecule has 0 aromatic rings. The molecule has 4 N–H and O–H groups in total. The van der Waals surface area contributed by atoms with E-state index in [0.29, 0.717) is 12.8 Å². The maximum atomic E-state index is 11.3. The van der Waals surface area contributed by atoms with Crippen molar-refractivity contribution < 1.29 is 17.9 Å². The lowest BCUT2D eigenvalue weighted by molar-refractivity contribution is 0.158. The van der Waals surface area contributed by atoms with Crippen molar-refractivity contribution in [1.82, 2.24) is 9.44 Å². The largest absolute Gasteiger partial charge is 0.449 e. The average molecular weight is 237 g/mol. The number of carbonyl (C=O) groups is 1. The van der Waals surface area contributed by atoms with Crippen molar-refractivity contribution in [3.05, 3.63) is 0 Å². The number of nitrogens with two attached hydrogens (primary N) is 1. The molecule has 0 heterocycles. The predicted octanol–water partition coefficient (Wildman–Crippen LogP) is -0.943. The summed E-state index contributed by atoms with van der Waals surface area (Å²) >= 11 is 0. The lowest BCUT2D eigenvalue weighted by atomic mass is 9.89. The molecule has 0 spiro atoms. The Morgan fingerprint density at radius 1 is 1.53 bits per heavy atom. The summed E-state index contributed by atoms with van der Waals surface area (Å²) in [5.74, 6) is 0. The van der Waals surface area contributed by atoms with Crippen molar-refractivity contribution in [2.45, 2.75) is 31.8 Å². The van der Waals surface area contributed by atoms with Crippen LogP contribution >= 0.6 is 0 Å². The Labute approximate surface area is 88.5 Å². The van der Waals surface area contributed by atoms with Gasteiger partial charge >= 0.3 is 16.3 Å². The quantitative estimate of drug-likeness (QED) is 0.584. The van der Waals surface area contributed by atoms with E-state index in [-0.39, 0.29) is 18.7 Å². The number of rotatable bonds is 4. The Balaban J connectivity index is 2.35. The summed E-state index contributed by atoms with van der Waals surface area (Å²) in [5.41, 5.74) is 5.49. The van der Waals surface area contributed by atoms with Crippen LogP contribution in [-0.4, -0.2) is 33.2 Å². The van der Waals surface area contributed by atoms with Crippen LogP contribution in [0.3, 0.4) is 0 Å². The molecule has 1 aliphatic rings. The number of carbonyl (C=O) groups excluding carboxylic acids is 1. The Morgan fingerprint density at radius 3 is 2.60 bits per heavy atom. The van der Waals surface area contributed by atoms with Crippen LogP contribution in [0.15, 0.2) is 0 Å². The molecule has 15 heavy (non-hydrogen) atoms. The van der Waals surface area contributed by atoms with Crippen LogP contribution in [0, 0.1) is 0 Å². The number of ether oxygens (including phenoxy) is 1. The Bertz CT molecular complexity index is 323. The molecule has 1 rings (SSSR count). The molecule has 0 aliphatic heterocycles. The monoisotopic (exact) mass is 237 g/mol. The van der Waals surface area contributed by atoms with Crippen LogP contribution in [-0.2, 0) is 14.9 Å². The Kier molecular flexibility index (Phi) is 3.89. The number of nitrogens with one attached hydrogen (secondary N) is 2. The van der Waals surface area contributed by atoms with Gasteiger partial charge in [0, 0.05) is 12.1 Å².